The number of methoxy groups -OCH3 is 1. The molecule has 26 heteroatoms. The molecule has 0 bridgehead atoms. The van der Waals surface area contributed by atoms with Gasteiger partial charge in [0.2, 0.25) is 5.91 Å². The molecule has 24 nitrogen and oxygen atoms in total. The van der Waals surface area contributed by atoms with Gasteiger partial charge in [-0.1, -0.05) is 50.1 Å². The number of aryl methyl sites for hydroxylation is 1. The molecule has 11 rings (SSSR count). The summed E-state index contributed by atoms with van der Waals surface area (Å²) in [6.45, 7) is 12.7. The van der Waals surface area contributed by atoms with Crippen LogP contribution in [-0.4, -0.2) is 153 Å². The molecule has 0 unspecified atom stereocenters. The van der Waals surface area contributed by atoms with Crippen LogP contribution in [0.25, 0.3) is 16.6 Å². The molecule has 90 heavy (non-hydrogen) atoms. The van der Waals surface area contributed by atoms with E-state index >= 15 is 0 Å². The molecule has 7 aromatic rings. The van der Waals surface area contributed by atoms with Gasteiger partial charge in [-0.25, -0.2) is 28.1 Å². The van der Waals surface area contributed by atoms with Crippen LogP contribution >= 0.6 is 11.6 Å². The van der Waals surface area contributed by atoms with E-state index in [2.05, 4.69) is 76.3 Å². The van der Waals surface area contributed by atoms with Gasteiger partial charge in [0.15, 0.2) is 17.3 Å². The zero-order valence-corrected chi connectivity index (χ0v) is 52.2. The van der Waals surface area contributed by atoms with E-state index in [0.29, 0.717) is 98.3 Å². The summed E-state index contributed by atoms with van der Waals surface area (Å²) in [4.78, 5) is 76.8. The first kappa shape index (κ1) is 62.6. The Morgan fingerprint density at radius 2 is 1.64 bits per heavy atom. The average molecular weight is 1270 g/mol. The highest BCUT2D eigenvalue weighted by Gasteiger charge is 2.32. The van der Waals surface area contributed by atoms with Gasteiger partial charge >= 0.3 is 0 Å². The number of nitrogens with zero attached hydrogens (tertiary/aromatic N) is 8. The number of piperazine rings is 2. The highest BCUT2D eigenvalue weighted by atomic mass is 35.5. The minimum absolute atomic E-state index is 0.00182. The van der Waals surface area contributed by atoms with Crippen molar-refractivity contribution in [3.63, 3.8) is 0 Å². The number of carbonyl (C=O) groups is 3. The lowest BCUT2D eigenvalue weighted by molar-refractivity contribution is -0.384. The van der Waals surface area contributed by atoms with Crippen molar-refractivity contribution in [1.82, 2.24) is 34.5 Å². The Morgan fingerprint density at radius 3 is 2.37 bits per heavy atom. The maximum atomic E-state index is 14.2. The van der Waals surface area contributed by atoms with E-state index in [1.54, 1.807) is 42.5 Å². The summed E-state index contributed by atoms with van der Waals surface area (Å²) >= 11 is 6.27. The number of nitro benzene ring substituents is 1. The van der Waals surface area contributed by atoms with Crippen LogP contribution in [0.4, 0.5) is 40.1 Å². The van der Waals surface area contributed by atoms with Crippen LogP contribution in [0.15, 0.2) is 114 Å². The standard InChI is InChI=1S/C64H73ClN14O10S/c1-5-51-61(70-44-18-30-88-31-19-44)73-62(58(72-51)59(66)81)71-45-10-15-53(56(33-45)87-4)77-26-28-78(29-27-77)57(80)38-68-52-14-12-48(35-54(52)79(83)84)90(85,86)74-63(82)49-13-11-46(34-55(49)89-47-32-41-17-21-67-60(41)69-37-47)76-24-22-75(23-25-76)39-42-16-20-64(2,3)36-50(42)40-6-8-43(65)9-7-40/h6-15,17,21,32-35,37,44,68H,5,16,18-20,22-31,36,38-39H2,1-4H3,(H2,66,81)(H,67,69)(H,74,82)(H2,70,71,73). The Balaban J connectivity index is 0.725. The lowest BCUT2D eigenvalue weighted by Crippen LogP contribution is -2.50. The Hall–Kier alpha value is -9.04. The predicted octanol–water partition coefficient (Wildman–Crippen LogP) is 9.38. The molecule has 3 aliphatic heterocycles. The van der Waals surface area contributed by atoms with Crippen LogP contribution < -0.4 is 45.7 Å². The lowest BCUT2D eigenvalue weighted by Gasteiger charge is -2.39. The number of rotatable bonds is 21. The monoisotopic (exact) mass is 1260 g/mol. The number of hydrogen-bond acceptors (Lipinski definition) is 19. The number of sulfonamides is 1. The number of amides is 3. The van der Waals surface area contributed by atoms with Crippen molar-refractivity contribution in [1.29, 1.82) is 0 Å². The summed E-state index contributed by atoms with van der Waals surface area (Å²) in [5.74, 6) is -0.457. The Morgan fingerprint density at radius 1 is 0.889 bits per heavy atom. The molecule has 1 aliphatic carbocycles. The third kappa shape index (κ3) is 14.5. The molecule has 3 fully saturated rings. The second-order valence-corrected chi connectivity index (χ2v) is 25.7. The largest absolute Gasteiger partial charge is 0.495 e. The van der Waals surface area contributed by atoms with Crippen molar-refractivity contribution >= 4 is 96.0 Å². The van der Waals surface area contributed by atoms with Crippen molar-refractivity contribution in [3.05, 3.63) is 147 Å². The number of aromatic amines is 1. The average Bonchev–Trinajstić information content (AvgIpc) is 1.36. The number of fused-ring (bicyclic) bond motifs is 1. The zero-order chi connectivity index (χ0) is 63.3. The van der Waals surface area contributed by atoms with Gasteiger partial charge in [0.05, 0.1) is 46.6 Å². The number of allylic oxidation sites excluding steroid dienone is 1. The number of nitro groups is 1. The number of primary amides is 1. The topological polar surface area (TPSA) is 298 Å². The van der Waals surface area contributed by atoms with E-state index in [9.17, 15) is 32.9 Å². The summed E-state index contributed by atoms with van der Waals surface area (Å²) in [6, 6.07) is 25.4. The third-order valence-electron chi connectivity index (χ3n) is 17.0. The first-order valence-electron chi connectivity index (χ1n) is 30.1. The van der Waals surface area contributed by atoms with Gasteiger partial charge in [-0.15, -0.1) is 0 Å². The molecule has 4 aromatic carbocycles. The summed E-state index contributed by atoms with van der Waals surface area (Å²) in [5.41, 5.74) is 12.5. The number of benzene rings is 4. The summed E-state index contributed by atoms with van der Waals surface area (Å²) < 4.78 is 47.8. The molecule has 3 saturated heterocycles. The summed E-state index contributed by atoms with van der Waals surface area (Å²) in [6.07, 6.45) is 8.49. The first-order valence-corrected chi connectivity index (χ1v) is 32.0. The SMILES string of the molecule is CCc1nc(C(N)=O)c(Nc2ccc(N3CCN(C(=O)CNc4ccc(S(=O)(=O)NC(=O)c5ccc(N6CCN(CC7=C(c8ccc(Cl)cc8)CC(C)(C)CC7)CC6)cc5Oc5cnc6[nH]ccc6c5)cc4[N+](=O)[O-])CC3)c(OC)c2)nc1NC1CCOCC1. The first-order chi connectivity index (χ1) is 43.3. The van der Waals surface area contributed by atoms with Gasteiger partial charge in [0, 0.05) is 124 Å². The normalized spacial score (nSPS) is 16.6. The summed E-state index contributed by atoms with van der Waals surface area (Å²) in [5, 5.41) is 23.5. The van der Waals surface area contributed by atoms with E-state index in [4.69, 9.17) is 36.5 Å². The predicted molar refractivity (Wildman–Crippen MR) is 346 cm³/mol. The molecule has 0 atom stereocenters. The highest BCUT2D eigenvalue weighted by Crippen LogP contribution is 2.44. The van der Waals surface area contributed by atoms with E-state index < -0.39 is 37.3 Å². The zero-order valence-electron chi connectivity index (χ0n) is 50.6. The Labute approximate surface area is 526 Å². The van der Waals surface area contributed by atoms with Crippen molar-refractivity contribution in [2.45, 2.75) is 70.2 Å². The number of aromatic nitrogens is 4. The Bertz CT molecular complexity index is 3990. The smallest absolute Gasteiger partial charge is 0.293 e. The molecular weight excluding hydrogens is 1190 g/mol. The molecule has 0 spiro atoms. The van der Waals surface area contributed by atoms with Gasteiger partial charge in [0.1, 0.15) is 28.6 Å². The molecule has 3 amide bonds. The molecule has 0 saturated carbocycles. The molecule has 6 heterocycles. The molecular formula is C64H73ClN14O10S. The second kappa shape index (κ2) is 27.0. The number of nitrogens with one attached hydrogen (secondary N) is 5. The fraction of sp³-hybridized carbons (Fsp3) is 0.375. The fourth-order valence-electron chi connectivity index (χ4n) is 12.0. The van der Waals surface area contributed by atoms with E-state index in [1.165, 1.54) is 35.0 Å². The number of nitrogens with two attached hydrogens (primary N) is 1. The molecule has 0 radical (unpaired) electrons. The second-order valence-electron chi connectivity index (χ2n) is 23.6. The number of pyridine rings is 1. The molecule has 472 valence electrons. The van der Waals surface area contributed by atoms with Crippen LogP contribution in [0.2, 0.25) is 5.02 Å². The van der Waals surface area contributed by atoms with Gasteiger partial charge in [-0.05, 0) is 116 Å². The minimum atomic E-state index is -4.73. The number of carbonyl (C=O) groups excluding carboxylic acids is 3. The van der Waals surface area contributed by atoms with Crippen molar-refractivity contribution < 1.29 is 41.9 Å². The van der Waals surface area contributed by atoms with Gasteiger partial charge < -0.3 is 55.6 Å². The molecule has 4 aliphatic rings. The van der Waals surface area contributed by atoms with Crippen LogP contribution in [0.3, 0.4) is 0 Å². The van der Waals surface area contributed by atoms with Gasteiger partial charge in [-0.3, -0.25) is 29.4 Å². The van der Waals surface area contributed by atoms with Crippen LogP contribution in [0.5, 0.6) is 17.2 Å². The number of hydrogen-bond donors (Lipinski definition) is 6. The van der Waals surface area contributed by atoms with Crippen molar-refractivity contribution in [2.75, 3.05) is 112 Å². The van der Waals surface area contributed by atoms with Crippen LogP contribution in [0.1, 0.15) is 85.0 Å². The van der Waals surface area contributed by atoms with Gasteiger partial charge in [0.25, 0.3) is 27.5 Å². The highest BCUT2D eigenvalue weighted by molar-refractivity contribution is 7.90. The van der Waals surface area contributed by atoms with Crippen LogP contribution in [0, 0.1) is 15.5 Å². The maximum absolute atomic E-state index is 14.2. The Kier molecular flexibility index (Phi) is 18.7. The number of anilines is 6. The minimum Gasteiger partial charge on any atom is -0.495 e. The lowest BCUT2D eigenvalue weighted by atomic mass is 9.72. The quantitative estimate of drug-likeness (QED) is 0.0288. The van der Waals surface area contributed by atoms with Gasteiger partial charge in [-0.2, -0.15) is 0 Å². The number of ether oxygens (including phenoxy) is 3. The number of H-pyrrole nitrogens is 1. The van der Waals surface area contributed by atoms with E-state index in [0.717, 1.165) is 80.6 Å². The van der Waals surface area contributed by atoms with E-state index in [1.807, 2.05) is 37.3 Å². The summed E-state index contributed by atoms with van der Waals surface area (Å²) in [7, 11) is -3.19. The van der Waals surface area contributed by atoms with E-state index in [-0.39, 0.29) is 52.4 Å². The van der Waals surface area contributed by atoms with Crippen molar-refractivity contribution in [2.24, 2.45) is 11.1 Å². The third-order valence-corrected chi connectivity index (χ3v) is 18.6. The van der Waals surface area contributed by atoms with Crippen molar-refractivity contribution in [3.8, 4) is 17.2 Å². The fourth-order valence-corrected chi connectivity index (χ4v) is 13.1. The maximum Gasteiger partial charge on any atom is 0.293 e. The molecule has 7 N–H and O–H groups in total. The molecule has 3 aromatic heterocycles. The van der Waals surface area contributed by atoms with Crippen LogP contribution in [-0.2, 0) is 26.0 Å². The number of halogens is 1.